The smallest absolute Gasteiger partial charge is 0.150 e. The van der Waals surface area contributed by atoms with Gasteiger partial charge in [-0.15, -0.1) is 0 Å². The fraction of sp³-hybridized carbons (Fsp3) is 0.500. The third-order valence-electron chi connectivity index (χ3n) is 3.44. The van der Waals surface area contributed by atoms with Gasteiger partial charge in [0.05, 0.1) is 11.5 Å². The molecule has 2 unspecified atom stereocenters. The first-order chi connectivity index (χ1) is 8.03. The number of aromatic hydroxyl groups is 1. The van der Waals surface area contributed by atoms with Crippen molar-refractivity contribution in [3.05, 3.63) is 29.8 Å². The summed E-state index contributed by atoms with van der Waals surface area (Å²) in [5, 5.41) is 9.81. The van der Waals surface area contributed by atoms with Crippen LogP contribution in [0.4, 0.5) is 0 Å². The first-order valence-corrected chi connectivity index (χ1v) is 7.54. The third kappa shape index (κ3) is 2.61. The summed E-state index contributed by atoms with van der Waals surface area (Å²) in [4.78, 5) is 0. The lowest BCUT2D eigenvalue weighted by molar-refractivity contribution is 0.400. The molecule has 1 aliphatic heterocycles. The van der Waals surface area contributed by atoms with Gasteiger partial charge in [-0.25, -0.2) is 8.42 Å². The van der Waals surface area contributed by atoms with Gasteiger partial charge in [-0.1, -0.05) is 18.2 Å². The minimum atomic E-state index is -3.01. The predicted molar refractivity (Wildman–Crippen MR) is 66.7 cm³/mol. The van der Waals surface area contributed by atoms with Gasteiger partial charge in [0.1, 0.15) is 5.75 Å². The van der Waals surface area contributed by atoms with Crippen LogP contribution in [0.3, 0.4) is 0 Å². The zero-order valence-electron chi connectivity index (χ0n) is 9.54. The highest BCUT2D eigenvalue weighted by Crippen LogP contribution is 2.37. The minimum absolute atomic E-state index is 0.0897. The van der Waals surface area contributed by atoms with E-state index in [1.165, 1.54) is 0 Å². The van der Waals surface area contributed by atoms with E-state index in [4.69, 9.17) is 5.73 Å². The fourth-order valence-corrected chi connectivity index (χ4v) is 4.28. The van der Waals surface area contributed by atoms with Crippen LogP contribution in [0.25, 0.3) is 0 Å². The number of nitrogens with two attached hydrogens (primary N) is 1. The Balaban J connectivity index is 2.36. The average molecular weight is 255 g/mol. The van der Waals surface area contributed by atoms with Gasteiger partial charge < -0.3 is 10.8 Å². The Bertz CT molecular complexity index is 498. The van der Waals surface area contributed by atoms with Crippen molar-refractivity contribution in [1.82, 2.24) is 0 Å². The third-order valence-corrected chi connectivity index (χ3v) is 5.17. The molecule has 0 spiro atoms. The molecular weight excluding hydrogens is 238 g/mol. The molecule has 1 aliphatic rings. The number of phenolic OH excluding ortho intramolecular Hbond substituents is 1. The van der Waals surface area contributed by atoms with Crippen molar-refractivity contribution in [2.45, 2.75) is 12.3 Å². The molecule has 0 saturated carbocycles. The monoisotopic (exact) mass is 255 g/mol. The molecule has 0 amide bonds. The zero-order valence-corrected chi connectivity index (χ0v) is 10.4. The summed E-state index contributed by atoms with van der Waals surface area (Å²) in [6.07, 6.45) is 0.581. The van der Waals surface area contributed by atoms with Crippen LogP contribution in [0, 0.1) is 5.92 Å². The minimum Gasteiger partial charge on any atom is -0.508 e. The van der Waals surface area contributed by atoms with Crippen molar-refractivity contribution in [3.8, 4) is 5.75 Å². The van der Waals surface area contributed by atoms with Crippen LogP contribution in [-0.4, -0.2) is 31.6 Å². The molecule has 2 atom stereocenters. The molecular formula is C12H17NO3S. The summed E-state index contributed by atoms with van der Waals surface area (Å²) < 4.78 is 23.4. The summed E-state index contributed by atoms with van der Waals surface area (Å²) >= 11 is 0. The van der Waals surface area contributed by atoms with Gasteiger partial charge in [-0.2, -0.15) is 0 Å². The number of rotatable bonds is 2. The standard InChI is InChI=1S/C12H17NO3S/c13-7-9-5-6-17(15,16)8-11(9)10-3-1-2-4-12(10)14/h1-4,9,11,14H,5-8,13H2. The normalized spacial score (nSPS) is 27.8. The highest BCUT2D eigenvalue weighted by atomic mass is 32.2. The van der Waals surface area contributed by atoms with E-state index in [-0.39, 0.29) is 29.1 Å². The number of benzene rings is 1. The second-order valence-corrected chi connectivity index (χ2v) is 6.79. The molecule has 0 aliphatic carbocycles. The molecule has 4 nitrogen and oxygen atoms in total. The lowest BCUT2D eigenvalue weighted by Crippen LogP contribution is -2.35. The number of hydrogen-bond acceptors (Lipinski definition) is 4. The zero-order chi connectivity index (χ0) is 12.5. The molecule has 2 rings (SSSR count). The van der Waals surface area contributed by atoms with Crippen molar-refractivity contribution in [3.63, 3.8) is 0 Å². The van der Waals surface area contributed by atoms with E-state index in [2.05, 4.69) is 0 Å². The van der Waals surface area contributed by atoms with E-state index in [1.807, 2.05) is 6.07 Å². The van der Waals surface area contributed by atoms with Crippen molar-refractivity contribution in [2.24, 2.45) is 11.7 Å². The maximum Gasteiger partial charge on any atom is 0.150 e. The molecule has 17 heavy (non-hydrogen) atoms. The molecule has 1 fully saturated rings. The van der Waals surface area contributed by atoms with Crippen LogP contribution in [-0.2, 0) is 9.84 Å². The van der Waals surface area contributed by atoms with Gasteiger partial charge in [-0.05, 0) is 30.5 Å². The highest BCUT2D eigenvalue weighted by Gasteiger charge is 2.34. The van der Waals surface area contributed by atoms with E-state index < -0.39 is 9.84 Å². The summed E-state index contributed by atoms with van der Waals surface area (Å²) in [5.74, 6) is 0.408. The van der Waals surface area contributed by atoms with Crippen LogP contribution in [0.5, 0.6) is 5.75 Å². The Labute approximate surface area is 101 Å². The number of para-hydroxylation sites is 1. The van der Waals surface area contributed by atoms with E-state index in [9.17, 15) is 13.5 Å². The Morgan fingerprint density at radius 3 is 2.71 bits per heavy atom. The largest absolute Gasteiger partial charge is 0.508 e. The van der Waals surface area contributed by atoms with Crippen LogP contribution in [0.2, 0.25) is 0 Å². The van der Waals surface area contributed by atoms with Crippen LogP contribution in [0.1, 0.15) is 17.9 Å². The van der Waals surface area contributed by atoms with Gasteiger partial charge >= 0.3 is 0 Å². The first-order valence-electron chi connectivity index (χ1n) is 5.72. The van der Waals surface area contributed by atoms with Crippen molar-refractivity contribution in [2.75, 3.05) is 18.1 Å². The second-order valence-electron chi connectivity index (χ2n) is 4.56. The Morgan fingerprint density at radius 1 is 1.35 bits per heavy atom. The lowest BCUT2D eigenvalue weighted by atomic mass is 9.85. The van der Waals surface area contributed by atoms with Gasteiger partial charge in [-0.3, -0.25) is 0 Å². The van der Waals surface area contributed by atoms with Crippen LogP contribution in [0.15, 0.2) is 24.3 Å². The maximum absolute atomic E-state index is 11.7. The molecule has 1 aromatic rings. The van der Waals surface area contributed by atoms with Crippen molar-refractivity contribution in [1.29, 1.82) is 0 Å². The van der Waals surface area contributed by atoms with E-state index in [0.29, 0.717) is 18.5 Å². The summed E-state index contributed by atoms with van der Waals surface area (Å²) in [5.41, 5.74) is 6.39. The summed E-state index contributed by atoms with van der Waals surface area (Å²) in [7, 11) is -3.01. The number of sulfone groups is 1. The Hall–Kier alpha value is -1.07. The summed E-state index contributed by atoms with van der Waals surface area (Å²) in [6, 6.07) is 6.91. The van der Waals surface area contributed by atoms with E-state index >= 15 is 0 Å². The number of phenols is 1. The first kappa shape index (κ1) is 12.4. The van der Waals surface area contributed by atoms with E-state index in [0.717, 1.165) is 0 Å². The molecule has 1 aromatic carbocycles. The van der Waals surface area contributed by atoms with Gasteiger partial charge in [0.2, 0.25) is 0 Å². The van der Waals surface area contributed by atoms with Gasteiger partial charge in [0.15, 0.2) is 9.84 Å². The second kappa shape index (κ2) is 4.66. The fourth-order valence-electron chi connectivity index (χ4n) is 2.45. The van der Waals surface area contributed by atoms with Crippen LogP contribution >= 0.6 is 0 Å². The quantitative estimate of drug-likeness (QED) is 0.821. The van der Waals surface area contributed by atoms with Crippen molar-refractivity contribution < 1.29 is 13.5 Å². The molecule has 94 valence electrons. The molecule has 0 radical (unpaired) electrons. The van der Waals surface area contributed by atoms with Gasteiger partial charge in [0, 0.05) is 5.92 Å². The van der Waals surface area contributed by atoms with E-state index in [1.54, 1.807) is 18.2 Å². The SMILES string of the molecule is NCC1CCS(=O)(=O)CC1c1ccccc1O. The topological polar surface area (TPSA) is 80.4 Å². The number of hydrogen-bond donors (Lipinski definition) is 2. The van der Waals surface area contributed by atoms with Crippen LogP contribution < -0.4 is 5.73 Å². The molecule has 0 aromatic heterocycles. The highest BCUT2D eigenvalue weighted by molar-refractivity contribution is 7.91. The Morgan fingerprint density at radius 2 is 2.06 bits per heavy atom. The molecule has 0 bridgehead atoms. The predicted octanol–water partition coefficient (Wildman–Crippen LogP) is 0.869. The average Bonchev–Trinajstić information content (AvgIpc) is 2.28. The Kier molecular flexibility index (Phi) is 3.40. The van der Waals surface area contributed by atoms with Crippen molar-refractivity contribution >= 4 is 9.84 Å². The molecule has 3 N–H and O–H groups in total. The summed E-state index contributed by atoms with van der Waals surface area (Å²) in [6.45, 7) is 0.453. The molecule has 1 heterocycles. The van der Waals surface area contributed by atoms with Gasteiger partial charge in [0.25, 0.3) is 0 Å². The lowest BCUT2D eigenvalue weighted by Gasteiger charge is -2.31. The molecule has 5 heteroatoms. The maximum atomic E-state index is 11.7. The molecule has 1 saturated heterocycles.